The Morgan fingerprint density at radius 2 is 2.00 bits per heavy atom. The van der Waals surface area contributed by atoms with Gasteiger partial charge in [-0.05, 0) is 31.4 Å². The number of para-hydroxylation sites is 1. The first kappa shape index (κ1) is 15.3. The van der Waals surface area contributed by atoms with E-state index in [-0.39, 0.29) is 17.6 Å². The predicted octanol–water partition coefficient (Wildman–Crippen LogP) is 2.49. The molecule has 1 N–H and O–H groups in total. The van der Waals surface area contributed by atoms with Gasteiger partial charge in [0.15, 0.2) is 5.69 Å². The second kappa shape index (κ2) is 6.36. The minimum atomic E-state index is -0.182. The van der Waals surface area contributed by atoms with Crippen LogP contribution in [0.2, 0.25) is 0 Å². The highest BCUT2D eigenvalue weighted by molar-refractivity contribution is 5.92. The van der Waals surface area contributed by atoms with E-state index in [1.807, 2.05) is 30.3 Å². The van der Waals surface area contributed by atoms with Crippen molar-refractivity contribution in [1.29, 1.82) is 0 Å². The van der Waals surface area contributed by atoms with Gasteiger partial charge in [-0.1, -0.05) is 42.7 Å². The smallest absolute Gasteiger partial charge is 0.273 e. The lowest BCUT2D eigenvalue weighted by molar-refractivity contribution is -0.0246. The summed E-state index contributed by atoms with van der Waals surface area (Å²) in [5.74, 6) is -0.182. The Kier molecular flexibility index (Phi) is 4.06. The van der Waals surface area contributed by atoms with E-state index in [1.54, 1.807) is 10.9 Å². The molecule has 1 aliphatic heterocycles. The molecule has 1 aromatic carbocycles. The first-order chi connectivity index (χ1) is 11.7. The zero-order valence-corrected chi connectivity index (χ0v) is 13.6. The summed E-state index contributed by atoms with van der Waals surface area (Å²) < 4.78 is 7.66. The van der Waals surface area contributed by atoms with Crippen molar-refractivity contribution in [3.05, 3.63) is 42.2 Å². The van der Waals surface area contributed by atoms with Crippen LogP contribution in [0.5, 0.6) is 0 Å². The molecule has 6 heteroatoms. The van der Waals surface area contributed by atoms with E-state index < -0.39 is 0 Å². The number of ether oxygens (including phenoxy) is 1. The number of carbonyl (C=O) groups excluding carboxylic acids is 1. The van der Waals surface area contributed by atoms with E-state index in [0.717, 1.165) is 24.9 Å². The van der Waals surface area contributed by atoms with E-state index in [9.17, 15) is 4.79 Å². The molecule has 0 bridgehead atoms. The molecule has 2 aromatic rings. The van der Waals surface area contributed by atoms with E-state index in [0.29, 0.717) is 12.3 Å². The fraction of sp³-hybridized carbons (Fsp3) is 0.500. The number of aromatic nitrogens is 3. The first-order valence-corrected chi connectivity index (χ1v) is 8.67. The largest absolute Gasteiger partial charge is 0.373 e. The highest BCUT2D eigenvalue weighted by atomic mass is 16.5. The Bertz CT molecular complexity index is 707. The molecule has 2 aliphatic rings. The summed E-state index contributed by atoms with van der Waals surface area (Å²) in [4.78, 5) is 12.4. The average molecular weight is 326 g/mol. The van der Waals surface area contributed by atoms with Gasteiger partial charge in [-0.15, -0.1) is 5.10 Å². The van der Waals surface area contributed by atoms with Crippen molar-refractivity contribution in [2.75, 3.05) is 6.61 Å². The second-order valence-corrected chi connectivity index (χ2v) is 6.81. The molecule has 1 unspecified atom stereocenters. The van der Waals surface area contributed by atoms with Crippen LogP contribution in [0.1, 0.15) is 49.0 Å². The highest BCUT2D eigenvalue weighted by Crippen LogP contribution is 2.39. The van der Waals surface area contributed by atoms with Crippen LogP contribution in [0.15, 0.2) is 36.5 Å². The third kappa shape index (κ3) is 3.06. The molecule has 1 aromatic heterocycles. The number of benzene rings is 1. The SMILES string of the molecule is O=C(NC1COC2(CCCCC2)C1)c1cn(-c2ccccc2)nn1. The summed E-state index contributed by atoms with van der Waals surface area (Å²) in [5.41, 5.74) is 1.22. The molecule has 1 amide bonds. The zero-order valence-electron chi connectivity index (χ0n) is 13.6. The first-order valence-electron chi connectivity index (χ1n) is 8.67. The van der Waals surface area contributed by atoms with Crippen molar-refractivity contribution in [2.24, 2.45) is 0 Å². The second-order valence-electron chi connectivity index (χ2n) is 6.81. The third-order valence-electron chi connectivity index (χ3n) is 5.06. The molecular formula is C18H22N4O2. The van der Waals surface area contributed by atoms with Crippen LogP contribution in [-0.2, 0) is 4.74 Å². The van der Waals surface area contributed by atoms with Gasteiger partial charge in [-0.2, -0.15) is 0 Å². The summed E-state index contributed by atoms with van der Waals surface area (Å²) >= 11 is 0. The van der Waals surface area contributed by atoms with Gasteiger partial charge in [0.25, 0.3) is 5.91 Å². The molecule has 0 radical (unpaired) electrons. The molecule has 1 aliphatic carbocycles. The number of rotatable bonds is 3. The van der Waals surface area contributed by atoms with E-state index in [2.05, 4.69) is 15.6 Å². The molecule has 4 rings (SSSR count). The molecule has 24 heavy (non-hydrogen) atoms. The molecule has 1 saturated carbocycles. The van der Waals surface area contributed by atoms with Crippen LogP contribution in [0.3, 0.4) is 0 Å². The van der Waals surface area contributed by atoms with Crippen molar-refractivity contribution >= 4 is 5.91 Å². The van der Waals surface area contributed by atoms with Crippen molar-refractivity contribution in [1.82, 2.24) is 20.3 Å². The molecule has 126 valence electrons. The van der Waals surface area contributed by atoms with Gasteiger partial charge in [-0.25, -0.2) is 4.68 Å². The highest BCUT2D eigenvalue weighted by Gasteiger charge is 2.41. The van der Waals surface area contributed by atoms with Gasteiger partial charge in [0.1, 0.15) is 0 Å². The monoisotopic (exact) mass is 326 g/mol. The average Bonchev–Trinajstić information content (AvgIpc) is 3.25. The minimum absolute atomic E-state index is 0.00214. The molecule has 2 heterocycles. The van der Waals surface area contributed by atoms with E-state index in [1.165, 1.54) is 19.3 Å². The van der Waals surface area contributed by atoms with Crippen LogP contribution < -0.4 is 5.32 Å². The molecule has 1 spiro atoms. The minimum Gasteiger partial charge on any atom is -0.373 e. The summed E-state index contributed by atoms with van der Waals surface area (Å²) in [5, 5.41) is 11.1. The fourth-order valence-electron chi connectivity index (χ4n) is 3.82. The Balaban J connectivity index is 1.39. The molecular weight excluding hydrogens is 304 g/mol. The normalized spacial score (nSPS) is 22.6. The maximum atomic E-state index is 12.4. The lowest BCUT2D eigenvalue weighted by Crippen LogP contribution is -2.37. The van der Waals surface area contributed by atoms with Gasteiger partial charge in [0, 0.05) is 0 Å². The number of nitrogens with one attached hydrogen (secondary N) is 1. The van der Waals surface area contributed by atoms with Crippen molar-refractivity contribution in [3.8, 4) is 5.69 Å². The summed E-state index contributed by atoms with van der Waals surface area (Å²) in [6.07, 6.45) is 8.55. The molecule has 2 fully saturated rings. The Hall–Kier alpha value is -2.21. The Morgan fingerprint density at radius 1 is 1.21 bits per heavy atom. The molecule has 6 nitrogen and oxygen atoms in total. The Morgan fingerprint density at radius 3 is 2.79 bits per heavy atom. The maximum Gasteiger partial charge on any atom is 0.273 e. The standard InChI is InChI=1S/C18H22N4O2/c23-17(16-12-22(21-20-16)15-7-3-1-4-8-15)19-14-11-18(24-13-14)9-5-2-6-10-18/h1,3-4,7-8,12,14H,2,5-6,9-11,13H2,(H,19,23). The van der Waals surface area contributed by atoms with E-state index in [4.69, 9.17) is 4.74 Å². The van der Waals surface area contributed by atoms with Gasteiger partial charge >= 0.3 is 0 Å². The maximum absolute atomic E-state index is 12.4. The van der Waals surface area contributed by atoms with E-state index >= 15 is 0 Å². The van der Waals surface area contributed by atoms with Gasteiger partial charge < -0.3 is 10.1 Å². The Labute approximate surface area is 141 Å². The van der Waals surface area contributed by atoms with Crippen LogP contribution in [0.4, 0.5) is 0 Å². The van der Waals surface area contributed by atoms with Crippen molar-refractivity contribution in [3.63, 3.8) is 0 Å². The summed E-state index contributed by atoms with van der Waals surface area (Å²) in [7, 11) is 0. The molecule has 1 saturated heterocycles. The zero-order chi connectivity index (χ0) is 16.4. The van der Waals surface area contributed by atoms with Crippen LogP contribution in [-0.4, -0.2) is 39.2 Å². The van der Waals surface area contributed by atoms with Crippen LogP contribution in [0.25, 0.3) is 5.69 Å². The lowest BCUT2D eigenvalue weighted by Gasteiger charge is -2.32. The van der Waals surface area contributed by atoms with Gasteiger partial charge in [-0.3, -0.25) is 4.79 Å². The predicted molar refractivity (Wildman–Crippen MR) is 89.0 cm³/mol. The third-order valence-corrected chi connectivity index (χ3v) is 5.06. The van der Waals surface area contributed by atoms with Crippen molar-refractivity contribution < 1.29 is 9.53 Å². The molecule has 1 atom stereocenters. The number of hydrogen-bond donors (Lipinski definition) is 1. The quantitative estimate of drug-likeness (QED) is 0.941. The summed E-state index contributed by atoms with van der Waals surface area (Å²) in [6.45, 7) is 0.596. The lowest BCUT2D eigenvalue weighted by atomic mass is 9.82. The number of nitrogens with zero attached hydrogens (tertiary/aromatic N) is 3. The van der Waals surface area contributed by atoms with Crippen LogP contribution in [0, 0.1) is 0 Å². The topological polar surface area (TPSA) is 69.0 Å². The number of hydrogen-bond acceptors (Lipinski definition) is 4. The van der Waals surface area contributed by atoms with Gasteiger partial charge in [0.2, 0.25) is 0 Å². The van der Waals surface area contributed by atoms with Crippen LogP contribution >= 0.6 is 0 Å². The van der Waals surface area contributed by atoms with Gasteiger partial charge in [0.05, 0.1) is 30.1 Å². The van der Waals surface area contributed by atoms with Crippen molar-refractivity contribution in [2.45, 2.75) is 50.2 Å². The fourth-order valence-corrected chi connectivity index (χ4v) is 3.82. The number of amides is 1. The number of carbonyl (C=O) groups is 1. The summed E-state index contributed by atoms with van der Waals surface area (Å²) in [6, 6.07) is 9.71.